The fourth-order valence-corrected chi connectivity index (χ4v) is 2.71. The second-order valence-corrected chi connectivity index (χ2v) is 5.82. The van der Waals surface area contributed by atoms with E-state index in [-0.39, 0.29) is 0 Å². The molecule has 0 bridgehead atoms. The van der Waals surface area contributed by atoms with Crippen molar-refractivity contribution >= 4 is 11.9 Å². The lowest BCUT2D eigenvalue weighted by atomic mass is 10.1. The minimum atomic E-state index is 0.721. The van der Waals surface area contributed by atoms with Crippen LogP contribution in [0.2, 0.25) is 0 Å². The van der Waals surface area contributed by atoms with E-state index in [0.717, 1.165) is 24.2 Å². The maximum absolute atomic E-state index is 4.78. The first-order valence-electron chi connectivity index (χ1n) is 8.46. The highest BCUT2D eigenvalue weighted by atomic mass is 15.4. The number of allylic oxidation sites excluding steroid dienone is 1. The van der Waals surface area contributed by atoms with Crippen molar-refractivity contribution in [1.82, 2.24) is 0 Å². The Morgan fingerprint density at radius 2 is 1.44 bits per heavy atom. The zero-order valence-corrected chi connectivity index (χ0v) is 14.3. The van der Waals surface area contributed by atoms with Gasteiger partial charge in [0.1, 0.15) is 0 Å². The first-order chi connectivity index (χ1) is 12.4. The minimum absolute atomic E-state index is 0.721. The van der Waals surface area contributed by atoms with E-state index in [1.54, 1.807) is 0 Å². The van der Waals surface area contributed by atoms with E-state index in [1.807, 2.05) is 36.6 Å². The molecule has 0 aromatic heterocycles. The Balaban J connectivity index is 1.94. The highest BCUT2D eigenvalue weighted by molar-refractivity contribution is 5.80. The molecule has 0 saturated heterocycles. The number of para-hydroxylation sites is 1. The maximum Gasteiger partial charge on any atom is 0.0666 e. The second-order valence-electron chi connectivity index (χ2n) is 5.82. The molecule has 0 aliphatic heterocycles. The monoisotopic (exact) mass is 326 g/mol. The van der Waals surface area contributed by atoms with Gasteiger partial charge in [-0.2, -0.15) is 5.10 Å². The third-order valence-corrected chi connectivity index (χ3v) is 3.95. The van der Waals surface area contributed by atoms with Crippen LogP contribution in [0.4, 0.5) is 5.69 Å². The number of nitrogens with zero attached hydrogens (tertiary/aromatic N) is 2. The quantitative estimate of drug-likeness (QED) is 0.320. The highest BCUT2D eigenvalue weighted by Gasteiger charge is 2.10. The van der Waals surface area contributed by atoms with Gasteiger partial charge in [-0.1, -0.05) is 84.9 Å². The van der Waals surface area contributed by atoms with Crippen LogP contribution in [0.1, 0.15) is 16.7 Å². The van der Waals surface area contributed by atoms with E-state index in [9.17, 15) is 0 Å². The summed E-state index contributed by atoms with van der Waals surface area (Å²) in [6, 6.07) is 28.9. The molecule has 3 rings (SSSR count). The Bertz CT molecular complexity index is 823. The molecule has 0 atom stereocenters. The topological polar surface area (TPSA) is 15.6 Å². The SMILES string of the molecule is C=CCc1ccccc1N(Cc1ccccc1)/N=C/c1ccccc1. The van der Waals surface area contributed by atoms with Crippen LogP contribution in [0.3, 0.4) is 0 Å². The van der Waals surface area contributed by atoms with Crippen LogP contribution >= 0.6 is 0 Å². The molecular formula is C23H22N2. The van der Waals surface area contributed by atoms with Gasteiger partial charge in [-0.05, 0) is 29.2 Å². The van der Waals surface area contributed by atoms with Crippen molar-refractivity contribution in [3.05, 3.63) is 114 Å². The average Bonchev–Trinajstić information content (AvgIpc) is 2.68. The number of anilines is 1. The Morgan fingerprint density at radius 1 is 0.800 bits per heavy atom. The van der Waals surface area contributed by atoms with Crippen molar-refractivity contribution in [3.63, 3.8) is 0 Å². The van der Waals surface area contributed by atoms with Gasteiger partial charge >= 0.3 is 0 Å². The van der Waals surface area contributed by atoms with Gasteiger partial charge in [0, 0.05) is 0 Å². The zero-order valence-electron chi connectivity index (χ0n) is 14.3. The summed E-state index contributed by atoms with van der Waals surface area (Å²) in [6.45, 7) is 4.60. The van der Waals surface area contributed by atoms with E-state index in [0.29, 0.717) is 0 Å². The molecule has 0 N–H and O–H groups in total. The van der Waals surface area contributed by atoms with Gasteiger partial charge in [-0.15, -0.1) is 6.58 Å². The number of benzene rings is 3. The Labute approximate surface area is 149 Å². The molecule has 2 heteroatoms. The maximum atomic E-state index is 4.78. The summed E-state index contributed by atoms with van der Waals surface area (Å²) >= 11 is 0. The van der Waals surface area contributed by atoms with Crippen molar-refractivity contribution in [3.8, 4) is 0 Å². The van der Waals surface area contributed by atoms with Crippen molar-refractivity contribution in [2.75, 3.05) is 5.01 Å². The summed E-state index contributed by atoms with van der Waals surface area (Å²) in [4.78, 5) is 0. The number of hydrogen-bond donors (Lipinski definition) is 0. The molecule has 3 aromatic rings. The molecule has 0 amide bonds. The van der Waals surface area contributed by atoms with E-state index < -0.39 is 0 Å². The third-order valence-electron chi connectivity index (χ3n) is 3.95. The van der Waals surface area contributed by atoms with Crippen LogP contribution in [0.25, 0.3) is 0 Å². The Hall–Kier alpha value is -3.13. The Morgan fingerprint density at radius 3 is 2.16 bits per heavy atom. The smallest absolute Gasteiger partial charge is 0.0666 e. The normalized spacial score (nSPS) is 10.7. The van der Waals surface area contributed by atoms with Crippen molar-refractivity contribution < 1.29 is 0 Å². The van der Waals surface area contributed by atoms with E-state index in [1.165, 1.54) is 11.1 Å². The van der Waals surface area contributed by atoms with Crippen molar-refractivity contribution in [1.29, 1.82) is 0 Å². The molecule has 0 radical (unpaired) electrons. The lowest BCUT2D eigenvalue weighted by Crippen LogP contribution is -2.17. The number of rotatable bonds is 7. The van der Waals surface area contributed by atoms with Gasteiger partial charge < -0.3 is 0 Å². The largest absolute Gasteiger partial charge is 0.261 e. The first-order valence-corrected chi connectivity index (χ1v) is 8.46. The van der Waals surface area contributed by atoms with Gasteiger partial charge in [-0.3, -0.25) is 5.01 Å². The fourth-order valence-electron chi connectivity index (χ4n) is 2.71. The first kappa shape index (κ1) is 16.7. The molecular weight excluding hydrogens is 304 g/mol. The van der Waals surface area contributed by atoms with Crippen LogP contribution in [0.15, 0.2) is 103 Å². The summed E-state index contributed by atoms with van der Waals surface area (Å²) in [7, 11) is 0. The molecule has 0 heterocycles. The summed E-state index contributed by atoms with van der Waals surface area (Å²) in [5.41, 5.74) is 4.64. The summed E-state index contributed by atoms with van der Waals surface area (Å²) < 4.78 is 0. The lowest BCUT2D eigenvalue weighted by Gasteiger charge is -2.22. The fraction of sp³-hybridized carbons (Fsp3) is 0.0870. The van der Waals surface area contributed by atoms with Crippen LogP contribution in [0.5, 0.6) is 0 Å². The van der Waals surface area contributed by atoms with Crippen LogP contribution in [-0.4, -0.2) is 6.21 Å². The molecule has 0 unspecified atom stereocenters. The van der Waals surface area contributed by atoms with Gasteiger partial charge in [0.15, 0.2) is 0 Å². The van der Waals surface area contributed by atoms with Gasteiger partial charge in [0.05, 0.1) is 18.4 Å². The average molecular weight is 326 g/mol. The number of hydrazone groups is 1. The molecule has 0 saturated carbocycles. The predicted molar refractivity (Wildman–Crippen MR) is 107 cm³/mol. The summed E-state index contributed by atoms with van der Waals surface area (Å²) in [5.74, 6) is 0. The molecule has 0 aliphatic carbocycles. The third kappa shape index (κ3) is 4.67. The lowest BCUT2D eigenvalue weighted by molar-refractivity contribution is 0.851. The molecule has 0 fully saturated rings. The summed E-state index contributed by atoms with van der Waals surface area (Å²) in [6.07, 6.45) is 4.66. The number of hydrogen-bond acceptors (Lipinski definition) is 2. The van der Waals surface area contributed by atoms with E-state index >= 15 is 0 Å². The standard InChI is InChI=1S/C23H22N2/c1-2-11-22-16-9-10-17-23(22)25(19-21-14-7-4-8-15-21)24-18-20-12-5-3-6-13-20/h2-10,12-18H,1,11,19H2/b24-18+. The molecule has 0 aliphatic rings. The van der Waals surface area contributed by atoms with Gasteiger partial charge in [-0.25, -0.2) is 0 Å². The zero-order chi connectivity index (χ0) is 17.3. The van der Waals surface area contributed by atoms with Crippen molar-refractivity contribution in [2.45, 2.75) is 13.0 Å². The Kier molecular flexibility index (Phi) is 5.78. The molecule has 124 valence electrons. The van der Waals surface area contributed by atoms with Gasteiger partial charge in [0.25, 0.3) is 0 Å². The van der Waals surface area contributed by atoms with E-state index in [4.69, 9.17) is 5.10 Å². The molecule has 2 nitrogen and oxygen atoms in total. The van der Waals surface area contributed by atoms with E-state index in [2.05, 4.69) is 72.3 Å². The van der Waals surface area contributed by atoms with Gasteiger partial charge in [0.2, 0.25) is 0 Å². The van der Waals surface area contributed by atoms with Crippen LogP contribution < -0.4 is 5.01 Å². The predicted octanol–water partition coefficient (Wildman–Crippen LogP) is 5.46. The summed E-state index contributed by atoms with van der Waals surface area (Å²) in [5, 5.41) is 6.83. The minimum Gasteiger partial charge on any atom is -0.261 e. The van der Waals surface area contributed by atoms with Crippen LogP contribution in [-0.2, 0) is 13.0 Å². The highest BCUT2D eigenvalue weighted by Crippen LogP contribution is 2.23. The molecule has 0 spiro atoms. The van der Waals surface area contributed by atoms with Crippen molar-refractivity contribution in [2.24, 2.45) is 5.10 Å². The van der Waals surface area contributed by atoms with Crippen LogP contribution in [0, 0.1) is 0 Å². The molecule has 25 heavy (non-hydrogen) atoms. The second kappa shape index (κ2) is 8.65. The molecule has 3 aromatic carbocycles.